The van der Waals surface area contributed by atoms with Gasteiger partial charge in [-0.15, -0.1) is 0 Å². The van der Waals surface area contributed by atoms with Gasteiger partial charge in [0.25, 0.3) is 0 Å². The summed E-state index contributed by atoms with van der Waals surface area (Å²) < 4.78 is 38.7. The number of rotatable bonds is 4. The number of hydrogen-bond donors (Lipinski definition) is 2. The zero-order valence-corrected chi connectivity index (χ0v) is 20.5. The molecule has 12 heteroatoms. The van der Waals surface area contributed by atoms with Crippen molar-refractivity contribution in [3.05, 3.63) is 34.8 Å². The normalized spacial score (nSPS) is 18.6. The molecule has 184 valence electrons. The zero-order chi connectivity index (χ0) is 24.7. The zero-order valence-electron chi connectivity index (χ0n) is 19.7. The van der Waals surface area contributed by atoms with Crippen LogP contribution >= 0.6 is 0 Å². The predicted octanol–water partition coefficient (Wildman–Crippen LogP) is 4.24. The number of nitrogens with zero attached hydrogens (tertiary/aromatic N) is 4. The summed E-state index contributed by atoms with van der Waals surface area (Å²) >= 11 is 0. The molecule has 10 nitrogen and oxygen atoms in total. The molecule has 34 heavy (non-hydrogen) atoms. The lowest BCUT2D eigenvalue weighted by molar-refractivity contribution is 0.0607. The van der Waals surface area contributed by atoms with Gasteiger partial charge in [-0.1, -0.05) is 11.3 Å². The minimum absolute atomic E-state index is 0.259. The second-order valence-corrected chi connectivity index (χ2v) is 11.4. The number of alkyl halides is 1. The fraction of sp³-hybridized carbons (Fsp3) is 0.545. The number of ether oxygens (including phenoxy) is 1. The van der Waals surface area contributed by atoms with Crippen LogP contribution in [-0.4, -0.2) is 36.7 Å². The van der Waals surface area contributed by atoms with Crippen molar-refractivity contribution in [1.82, 2.24) is 19.5 Å². The Morgan fingerprint density at radius 3 is 2.74 bits per heavy atom. The monoisotopic (exact) mass is 492 g/mol. The molecule has 0 bridgehead atoms. The second-order valence-electron chi connectivity index (χ2n) is 9.54. The maximum Gasteiger partial charge on any atom is 0.444 e. The first-order valence-corrected chi connectivity index (χ1v) is 12.7. The summed E-state index contributed by atoms with van der Waals surface area (Å²) in [5, 5.41) is 6.43. The van der Waals surface area contributed by atoms with E-state index in [0.29, 0.717) is 11.6 Å². The van der Waals surface area contributed by atoms with Crippen LogP contribution in [0.1, 0.15) is 69.0 Å². The van der Waals surface area contributed by atoms with Crippen molar-refractivity contribution >= 4 is 27.7 Å². The van der Waals surface area contributed by atoms with E-state index in [1.165, 1.54) is 12.3 Å². The number of amides is 3. The van der Waals surface area contributed by atoms with Crippen molar-refractivity contribution in [1.29, 1.82) is 0 Å². The highest BCUT2D eigenvalue weighted by atomic mass is 32.2. The maximum absolute atomic E-state index is 13.7. The van der Waals surface area contributed by atoms with Crippen molar-refractivity contribution in [3.63, 3.8) is 0 Å². The average molecular weight is 493 g/mol. The Morgan fingerprint density at radius 2 is 2.06 bits per heavy atom. The molecule has 2 aromatic heterocycles. The van der Waals surface area contributed by atoms with Gasteiger partial charge in [-0.2, -0.15) is 5.10 Å². The summed E-state index contributed by atoms with van der Waals surface area (Å²) in [5.41, 5.74) is 3.73. The van der Waals surface area contributed by atoms with Crippen LogP contribution in [0.25, 0.3) is 0 Å². The summed E-state index contributed by atoms with van der Waals surface area (Å²) in [6.07, 6.45) is 4.41. The van der Waals surface area contributed by atoms with Crippen molar-refractivity contribution < 1.29 is 22.9 Å². The molecule has 2 atom stereocenters. The summed E-state index contributed by atoms with van der Waals surface area (Å²) in [5.74, 6) is 0.292. The number of carbonyl (C=O) groups excluding carboxylic acids is 2. The van der Waals surface area contributed by atoms with E-state index in [9.17, 15) is 18.2 Å². The lowest BCUT2D eigenvalue weighted by Gasteiger charge is -2.19. The highest BCUT2D eigenvalue weighted by Crippen LogP contribution is 2.41. The Kier molecular flexibility index (Phi) is 6.36. The number of urea groups is 1. The third-order valence-corrected chi connectivity index (χ3v) is 7.39. The Morgan fingerprint density at radius 1 is 1.29 bits per heavy atom. The minimum atomic E-state index is -3.91. The topological polar surface area (TPSA) is 128 Å². The van der Waals surface area contributed by atoms with Crippen molar-refractivity contribution in [2.24, 2.45) is 4.36 Å². The molecular formula is C22H29FN6O4S. The Labute approximate surface area is 198 Å². The first kappa shape index (κ1) is 24.1. The van der Waals surface area contributed by atoms with Gasteiger partial charge >= 0.3 is 12.1 Å². The van der Waals surface area contributed by atoms with E-state index >= 15 is 0 Å². The van der Waals surface area contributed by atoms with Gasteiger partial charge in [0.05, 0.1) is 5.69 Å². The molecule has 2 aromatic rings. The van der Waals surface area contributed by atoms with Gasteiger partial charge < -0.3 is 10.1 Å². The van der Waals surface area contributed by atoms with E-state index in [1.807, 2.05) is 0 Å². The Balaban J connectivity index is 1.67. The van der Waals surface area contributed by atoms with Gasteiger partial charge in [-0.25, -0.2) is 27.6 Å². The fourth-order valence-corrected chi connectivity index (χ4v) is 5.54. The molecule has 0 aromatic carbocycles. The van der Waals surface area contributed by atoms with Crippen LogP contribution in [0.5, 0.6) is 0 Å². The quantitative estimate of drug-likeness (QED) is 0.657. The smallest absolute Gasteiger partial charge is 0.442 e. The van der Waals surface area contributed by atoms with Crippen molar-refractivity contribution in [3.8, 4) is 0 Å². The molecule has 2 N–H and O–H groups in total. The van der Waals surface area contributed by atoms with Crippen molar-refractivity contribution in [2.45, 2.75) is 83.1 Å². The lowest BCUT2D eigenvalue weighted by atomic mass is 10.0. The van der Waals surface area contributed by atoms with E-state index < -0.39 is 34.4 Å². The van der Waals surface area contributed by atoms with Crippen LogP contribution in [0.2, 0.25) is 0 Å². The highest BCUT2D eigenvalue weighted by Gasteiger charge is 2.31. The second kappa shape index (κ2) is 8.97. The number of hydrogen-bond acceptors (Lipinski definition) is 6. The number of aryl methyl sites for hydroxylation is 1. The Hall–Kier alpha value is -3.02. The lowest BCUT2D eigenvalue weighted by Crippen LogP contribution is -2.36. The van der Waals surface area contributed by atoms with Gasteiger partial charge in [-0.3, -0.25) is 4.98 Å². The molecule has 0 fully saturated rings. The summed E-state index contributed by atoms with van der Waals surface area (Å²) in [6.45, 7) is 6.03. The van der Waals surface area contributed by atoms with E-state index in [1.54, 1.807) is 20.8 Å². The van der Waals surface area contributed by atoms with Crippen LogP contribution < -0.4 is 10.0 Å². The first-order chi connectivity index (χ1) is 16.0. The third-order valence-electron chi connectivity index (χ3n) is 5.74. The number of nitrogens with one attached hydrogen (secondary N) is 2. The number of fused-ring (bicyclic) bond motifs is 2. The van der Waals surface area contributed by atoms with E-state index in [-0.39, 0.29) is 5.03 Å². The maximum atomic E-state index is 13.7. The molecule has 2 aliphatic carbocycles. The van der Waals surface area contributed by atoms with Gasteiger partial charge in [0.15, 0.2) is 21.7 Å². The molecule has 0 radical (unpaired) electrons. The van der Waals surface area contributed by atoms with Crippen LogP contribution in [0.15, 0.2) is 21.7 Å². The van der Waals surface area contributed by atoms with Gasteiger partial charge in [0.1, 0.15) is 5.60 Å². The van der Waals surface area contributed by atoms with Crippen LogP contribution in [0.3, 0.4) is 0 Å². The molecule has 0 saturated heterocycles. The van der Waals surface area contributed by atoms with E-state index in [0.717, 1.165) is 59.3 Å². The SMILES string of the molecule is C[C@@H]1CCc2c1nc1c(c2NC(=O)N[S@@](=O)(=NC(=O)OC(C)(C)C)c2ccn(CF)n2)CCC1. The molecule has 4 rings (SSSR count). The molecule has 0 unspecified atom stereocenters. The number of halogens is 1. The highest BCUT2D eigenvalue weighted by molar-refractivity contribution is 7.92. The standard InChI is InChI=1S/C22H29FN6O4S/c1-13-8-9-15-18(13)24-16-7-5-6-14(16)19(15)25-20(30)27-34(32,17-10-11-29(12-23)26-17)28-21(31)33-22(2,3)4/h10-11,13H,5-9,12H2,1-4H3,(H2,24,25,27,28,30,31,32)/t13-,34-/m1/s1. The molecule has 3 amide bonds. The molecular weight excluding hydrogens is 463 g/mol. The molecule has 0 spiro atoms. The molecule has 2 heterocycles. The van der Waals surface area contributed by atoms with Crippen LogP contribution in [0.4, 0.5) is 19.7 Å². The number of pyridine rings is 1. The minimum Gasteiger partial charge on any atom is -0.442 e. The predicted molar refractivity (Wildman–Crippen MR) is 124 cm³/mol. The molecule has 0 saturated carbocycles. The van der Waals surface area contributed by atoms with Gasteiger partial charge in [0, 0.05) is 17.6 Å². The number of aromatic nitrogens is 3. The van der Waals surface area contributed by atoms with Crippen LogP contribution in [-0.2, 0) is 40.7 Å². The first-order valence-electron chi connectivity index (χ1n) is 11.2. The summed E-state index contributed by atoms with van der Waals surface area (Å²) in [4.78, 5) is 30.3. The third kappa shape index (κ3) is 4.91. The molecule has 0 aliphatic heterocycles. The molecule has 2 aliphatic rings. The summed E-state index contributed by atoms with van der Waals surface area (Å²) in [7, 11) is -3.91. The largest absolute Gasteiger partial charge is 0.444 e. The van der Waals surface area contributed by atoms with Gasteiger partial charge in [-0.05, 0) is 76.0 Å². The van der Waals surface area contributed by atoms with Crippen molar-refractivity contribution in [2.75, 3.05) is 5.32 Å². The fourth-order valence-electron chi connectivity index (χ4n) is 4.28. The average Bonchev–Trinajstić information content (AvgIpc) is 3.46. The number of anilines is 1. The Bertz CT molecular complexity index is 1260. The van der Waals surface area contributed by atoms with E-state index in [2.05, 4.69) is 26.4 Å². The van der Waals surface area contributed by atoms with Crippen LogP contribution in [0, 0.1) is 0 Å². The summed E-state index contributed by atoms with van der Waals surface area (Å²) in [6, 6.07) is 0.425. The number of carbonyl (C=O) groups is 2. The van der Waals surface area contributed by atoms with Gasteiger partial charge in [0.2, 0.25) is 0 Å². The van der Waals surface area contributed by atoms with E-state index in [4.69, 9.17) is 9.72 Å².